The van der Waals surface area contributed by atoms with Gasteiger partial charge >= 0.3 is 0 Å². The van der Waals surface area contributed by atoms with Crippen LogP contribution in [0.25, 0.3) is 10.6 Å². The van der Waals surface area contributed by atoms with E-state index >= 15 is 0 Å². The van der Waals surface area contributed by atoms with Crippen molar-refractivity contribution in [2.45, 2.75) is 12.5 Å². The van der Waals surface area contributed by atoms with Crippen molar-refractivity contribution in [2.75, 3.05) is 6.54 Å². The van der Waals surface area contributed by atoms with Crippen LogP contribution in [0.4, 0.5) is 0 Å². The molecule has 0 bridgehead atoms. The number of hydrogen-bond donors (Lipinski definition) is 2. The molecule has 3 aromatic rings. The Kier molecular flexibility index (Phi) is 5.17. The summed E-state index contributed by atoms with van der Waals surface area (Å²) in [6.45, 7) is 0.403. The van der Waals surface area contributed by atoms with Gasteiger partial charge in [-0.2, -0.15) is 11.3 Å². The lowest BCUT2D eigenvalue weighted by atomic mass is 10.1. The number of aliphatic hydroxyl groups is 1. The molecule has 2 heterocycles. The molecule has 0 aliphatic heterocycles. The van der Waals surface area contributed by atoms with Gasteiger partial charge in [-0.15, -0.1) is 11.3 Å². The molecule has 0 saturated heterocycles. The Balaban J connectivity index is 1.52. The number of carbonyl (C=O) groups excluding carboxylic acids is 1. The van der Waals surface area contributed by atoms with Crippen LogP contribution in [-0.4, -0.2) is 22.5 Å². The maximum atomic E-state index is 12.1. The van der Waals surface area contributed by atoms with E-state index in [0.29, 0.717) is 18.7 Å². The average molecular weight is 344 g/mol. The molecule has 1 unspecified atom stereocenters. The first-order chi connectivity index (χ1) is 11.2. The Morgan fingerprint density at radius 3 is 2.78 bits per heavy atom. The zero-order valence-electron chi connectivity index (χ0n) is 12.3. The van der Waals surface area contributed by atoms with Gasteiger partial charge in [0.2, 0.25) is 0 Å². The molecule has 2 N–H and O–H groups in total. The van der Waals surface area contributed by atoms with Crippen LogP contribution < -0.4 is 5.32 Å². The number of thiazole rings is 1. The van der Waals surface area contributed by atoms with Crippen LogP contribution in [0.15, 0.2) is 52.5 Å². The van der Waals surface area contributed by atoms with Crippen LogP contribution in [0.1, 0.15) is 28.6 Å². The van der Waals surface area contributed by atoms with E-state index in [9.17, 15) is 9.90 Å². The summed E-state index contributed by atoms with van der Waals surface area (Å²) in [5.41, 5.74) is 2.32. The van der Waals surface area contributed by atoms with Gasteiger partial charge in [-0.3, -0.25) is 4.79 Å². The number of carbonyl (C=O) groups is 1. The molecule has 4 nitrogen and oxygen atoms in total. The number of benzene rings is 1. The molecule has 23 heavy (non-hydrogen) atoms. The highest BCUT2D eigenvalue weighted by Gasteiger charge is 2.13. The molecular weight excluding hydrogens is 328 g/mol. The second kappa shape index (κ2) is 7.50. The summed E-state index contributed by atoms with van der Waals surface area (Å²) < 4.78 is 0. The third-order valence-corrected chi connectivity index (χ3v) is 4.97. The summed E-state index contributed by atoms with van der Waals surface area (Å²) in [5, 5.41) is 19.5. The summed E-state index contributed by atoms with van der Waals surface area (Å²) in [7, 11) is 0. The molecule has 3 rings (SSSR count). The predicted octanol–water partition coefficient (Wildman–Crippen LogP) is 3.73. The predicted molar refractivity (Wildman–Crippen MR) is 93.8 cm³/mol. The lowest BCUT2D eigenvalue weighted by Gasteiger charge is -2.11. The maximum absolute atomic E-state index is 12.1. The van der Waals surface area contributed by atoms with E-state index in [1.54, 1.807) is 16.7 Å². The second-order valence-electron chi connectivity index (χ2n) is 5.02. The molecule has 0 radical (unpaired) electrons. The number of hydrogen-bond acceptors (Lipinski definition) is 5. The average Bonchev–Trinajstić information content (AvgIpc) is 3.26. The molecular formula is C17H16N2O2S2. The minimum atomic E-state index is -0.576. The molecule has 0 aliphatic carbocycles. The van der Waals surface area contributed by atoms with Gasteiger partial charge < -0.3 is 10.4 Å². The third-order valence-electron chi connectivity index (χ3n) is 3.39. The molecule has 2 aromatic heterocycles. The Labute approximate surface area is 142 Å². The number of thiophene rings is 1. The van der Waals surface area contributed by atoms with Crippen LogP contribution in [0.2, 0.25) is 0 Å². The van der Waals surface area contributed by atoms with Crippen molar-refractivity contribution in [1.29, 1.82) is 0 Å². The van der Waals surface area contributed by atoms with Crippen molar-refractivity contribution >= 4 is 28.6 Å². The van der Waals surface area contributed by atoms with Gasteiger partial charge in [0.15, 0.2) is 0 Å². The number of nitrogens with one attached hydrogen (secondary N) is 1. The summed E-state index contributed by atoms with van der Waals surface area (Å²) in [6.07, 6.45) is -0.106. The van der Waals surface area contributed by atoms with Crippen molar-refractivity contribution in [1.82, 2.24) is 10.3 Å². The van der Waals surface area contributed by atoms with Gasteiger partial charge in [0, 0.05) is 22.9 Å². The summed E-state index contributed by atoms with van der Waals surface area (Å²) in [6, 6.07) is 11.4. The number of nitrogens with zero attached hydrogens (tertiary/aromatic N) is 1. The number of aromatic nitrogens is 1. The standard InChI is InChI=1S/C17H16N2O2S2/c20-15(12-4-2-1-3-5-12)6-8-18-16(21)14-11-23-17(19-14)13-7-9-22-10-13/h1-5,7,9-11,15,20H,6,8H2,(H,18,21). The molecule has 0 saturated carbocycles. The van der Waals surface area contributed by atoms with Crippen molar-refractivity contribution in [3.8, 4) is 10.6 Å². The normalized spacial score (nSPS) is 12.0. The molecule has 1 atom stereocenters. The largest absolute Gasteiger partial charge is 0.388 e. The lowest BCUT2D eigenvalue weighted by molar-refractivity contribution is 0.0938. The van der Waals surface area contributed by atoms with Gasteiger partial charge in [0.25, 0.3) is 5.91 Å². The lowest BCUT2D eigenvalue weighted by Crippen LogP contribution is -2.25. The van der Waals surface area contributed by atoms with Crippen molar-refractivity contribution < 1.29 is 9.90 Å². The van der Waals surface area contributed by atoms with Crippen LogP contribution in [0.5, 0.6) is 0 Å². The van der Waals surface area contributed by atoms with E-state index in [0.717, 1.165) is 16.1 Å². The van der Waals surface area contributed by atoms with Gasteiger partial charge in [-0.05, 0) is 23.4 Å². The van der Waals surface area contributed by atoms with Gasteiger partial charge in [0.05, 0.1) is 6.10 Å². The first-order valence-corrected chi connectivity index (χ1v) is 9.05. The monoisotopic (exact) mass is 344 g/mol. The highest BCUT2D eigenvalue weighted by molar-refractivity contribution is 7.14. The summed E-state index contributed by atoms with van der Waals surface area (Å²) in [4.78, 5) is 16.5. The van der Waals surface area contributed by atoms with Gasteiger partial charge in [0.1, 0.15) is 10.7 Å². The zero-order chi connectivity index (χ0) is 16.1. The molecule has 118 valence electrons. The second-order valence-corrected chi connectivity index (χ2v) is 6.66. The van der Waals surface area contributed by atoms with Crippen molar-refractivity contribution in [2.24, 2.45) is 0 Å². The minimum Gasteiger partial charge on any atom is -0.388 e. The molecule has 0 fully saturated rings. The van der Waals surface area contributed by atoms with Gasteiger partial charge in [-0.25, -0.2) is 4.98 Å². The molecule has 0 spiro atoms. The number of aliphatic hydroxyl groups excluding tert-OH is 1. The van der Waals surface area contributed by atoms with E-state index in [1.165, 1.54) is 11.3 Å². The molecule has 1 aromatic carbocycles. The van der Waals surface area contributed by atoms with E-state index in [4.69, 9.17) is 0 Å². The van der Waals surface area contributed by atoms with E-state index in [1.807, 2.05) is 47.2 Å². The Bertz CT molecular complexity index is 754. The van der Waals surface area contributed by atoms with E-state index < -0.39 is 6.10 Å². The quantitative estimate of drug-likeness (QED) is 0.716. The van der Waals surface area contributed by atoms with E-state index in [2.05, 4.69) is 10.3 Å². The summed E-state index contributed by atoms with van der Waals surface area (Å²) >= 11 is 3.06. The van der Waals surface area contributed by atoms with E-state index in [-0.39, 0.29) is 5.91 Å². The number of rotatable bonds is 6. The number of amides is 1. The maximum Gasteiger partial charge on any atom is 0.270 e. The molecule has 6 heteroatoms. The molecule has 1 amide bonds. The Hall–Kier alpha value is -2.02. The summed E-state index contributed by atoms with van der Waals surface area (Å²) in [5.74, 6) is -0.206. The fraction of sp³-hybridized carbons (Fsp3) is 0.176. The van der Waals surface area contributed by atoms with Crippen LogP contribution in [-0.2, 0) is 0 Å². The van der Waals surface area contributed by atoms with Crippen LogP contribution in [0, 0.1) is 0 Å². The van der Waals surface area contributed by atoms with Crippen molar-refractivity contribution in [3.05, 3.63) is 63.8 Å². The smallest absolute Gasteiger partial charge is 0.270 e. The fourth-order valence-corrected chi connectivity index (χ4v) is 3.66. The van der Waals surface area contributed by atoms with Crippen LogP contribution >= 0.6 is 22.7 Å². The van der Waals surface area contributed by atoms with Crippen LogP contribution in [0.3, 0.4) is 0 Å². The highest BCUT2D eigenvalue weighted by atomic mass is 32.1. The van der Waals surface area contributed by atoms with Crippen molar-refractivity contribution in [3.63, 3.8) is 0 Å². The topological polar surface area (TPSA) is 62.2 Å². The Morgan fingerprint density at radius 1 is 1.22 bits per heavy atom. The zero-order valence-corrected chi connectivity index (χ0v) is 13.9. The van der Waals surface area contributed by atoms with Gasteiger partial charge in [-0.1, -0.05) is 30.3 Å². The fourth-order valence-electron chi connectivity index (χ4n) is 2.15. The highest BCUT2D eigenvalue weighted by Crippen LogP contribution is 2.25. The Morgan fingerprint density at radius 2 is 2.04 bits per heavy atom. The minimum absolute atomic E-state index is 0.206. The SMILES string of the molecule is O=C(NCCC(O)c1ccccc1)c1csc(-c2ccsc2)n1. The molecule has 0 aliphatic rings. The third kappa shape index (κ3) is 4.04. The first kappa shape index (κ1) is 15.9. The first-order valence-electron chi connectivity index (χ1n) is 7.23.